The summed E-state index contributed by atoms with van der Waals surface area (Å²) < 4.78 is 41.0. The van der Waals surface area contributed by atoms with Crippen LogP contribution in [0.15, 0.2) is 18.2 Å². The second-order valence-electron chi connectivity index (χ2n) is 5.31. The summed E-state index contributed by atoms with van der Waals surface area (Å²) >= 11 is 5.77. The van der Waals surface area contributed by atoms with Crippen LogP contribution in [-0.2, 0) is 14.6 Å². The maximum absolute atomic E-state index is 12.9. The zero-order chi connectivity index (χ0) is 15.7. The summed E-state index contributed by atoms with van der Waals surface area (Å²) in [5.74, 6) is -0.773. The molecular weight excluding hydrogens is 321 g/mol. The zero-order valence-corrected chi connectivity index (χ0v) is 12.9. The Labute approximate surface area is 127 Å². The maximum atomic E-state index is 12.9. The van der Waals surface area contributed by atoms with Gasteiger partial charge in [-0.2, -0.15) is 0 Å². The van der Waals surface area contributed by atoms with Gasteiger partial charge in [-0.1, -0.05) is 11.6 Å². The van der Waals surface area contributed by atoms with Crippen molar-refractivity contribution in [2.75, 3.05) is 18.1 Å². The third-order valence-electron chi connectivity index (χ3n) is 3.20. The van der Waals surface area contributed by atoms with Crippen molar-refractivity contribution in [3.63, 3.8) is 0 Å². The van der Waals surface area contributed by atoms with Gasteiger partial charge in [0.1, 0.15) is 11.6 Å². The molecule has 1 amide bonds. The molecule has 1 aromatic carbocycles. The van der Waals surface area contributed by atoms with Gasteiger partial charge in [-0.3, -0.25) is 4.79 Å². The zero-order valence-electron chi connectivity index (χ0n) is 11.4. The Hall–Kier alpha value is -1.34. The maximum Gasteiger partial charge on any atom is 0.258 e. The van der Waals surface area contributed by atoms with Gasteiger partial charge in [-0.05, 0) is 31.5 Å². The van der Waals surface area contributed by atoms with Crippen LogP contribution >= 0.6 is 11.6 Å². The number of hydrogen-bond donors (Lipinski definition) is 1. The number of carbonyl (C=O) groups is 1. The highest BCUT2D eigenvalue weighted by Gasteiger charge is 2.39. The Bertz CT molecular complexity index is 664. The molecule has 1 aromatic rings. The van der Waals surface area contributed by atoms with E-state index in [0.29, 0.717) is 6.42 Å². The van der Waals surface area contributed by atoms with E-state index in [0.717, 1.165) is 6.07 Å². The SMILES string of the molecule is C[C@]1(NC(=O)COc2ccc(F)cc2Cl)CCS(=O)(=O)C1. The normalized spacial score (nSPS) is 23.8. The minimum absolute atomic E-state index is 0.0639. The molecule has 0 radical (unpaired) electrons. The van der Waals surface area contributed by atoms with Crippen LogP contribution < -0.4 is 10.1 Å². The van der Waals surface area contributed by atoms with Crippen molar-refractivity contribution < 1.29 is 22.3 Å². The molecule has 8 heteroatoms. The van der Waals surface area contributed by atoms with Crippen molar-refractivity contribution in [3.8, 4) is 5.75 Å². The number of rotatable bonds is 4. The van der Waals surface area contributed by atoms with Gasteiger partial charge in [0.05, 0.1) is 22.1 Å². The molecule has 5 nitrogen and oxygen atoms in total. The van der Waals surface area contributed by atoms with Crippen LogP contribution in [-0.4, -0.2) is 38.0 Å². The fraction of sp³-hybridized carbons (Fsp3) is 0.462. The number of carbonyl (C=O) groups excluding carboxylic acids is 1. The van der Waals surface area contributed by atoms with Crippen LogP contribution in [0.1, 0.15) is 13.3 Å². The van der Waals surface area contributed by atoms with Gasteiger partial charge in [0.25, 0.3) is 5.91 Å². The molecule has 0 unspecified atom stereocenters. The highest BCUT2D eigenvalue weighted by molar-refractivity contribution is 7.91. The average molecular weight is 336 g/mol. The Morgan fingerprint density at radius 2 is 2.24 bits per heavy atom. The first kappa shape index (κ1) is 16.0. The first-order chi connectivity index (χ1) is 9.69. The monoisotopic (exact) mass is 335 g/mol. The van der Waals surface area contributed by atoms with Crippen molar-refractivity contribution in [3.05, 3.63) is 29.0 Å². The highest BCUT2D eigenvalue weighted by atomic mass is 35.5. The Morgan fingerprint density at radius 1 is 1.52 bits per heavy atom. The molecule has 1 fully saturated rings. The lowest BCUT2D eigenvalue weighted by Crippen LogP contribution is -2.48. The van der Waals surface area contributed by atoms with Crippen molar-refractivity contribution in [1.82, 2.24) is 5.32 Å². The number of ether oxygens (including phenoxy) is 1. The van der Waals surface area contributed by atoms with Crippen molar-refractivity contribution in [2.24, 2.45) is 0 Å². The van der Waals surface area contributed by atoms with Gasteiger partial charge in [0.2, 0.25) is 0 Å². The summed E-state index contributed by atoms with van der Waals surface area (Å²) in [6.07, 6.45) is 0.373. The van der Waals surface area contributed by atoms with Crippen molar-refractivity contribution in [1.29, 1.82) is 0 Å². The van der Waals surface area contributed by atoms with Gasteiger partial charge >= 0.3 is 0 Å². The molecule has 1 aliphatic rings. The van der Waals surface area contributed by atoms with Crippen LogP contribution in [0.4, 0.5) is 4.39 Å². The second-order valence-corrected chi connectivity index (χ2v) is 7.91. The highest BCUT2D eigenvalue weighted by Crippen LogP contribution is 2.25. The third-order valence-corrected chi connectivity index (χ3v) is 5.40. The summed E-state index contributed by atoms with van der Waals surface area (Å²) in [6, 6.07) is 3.58. The van der Waals surface area contributed by atoms with E-state index in [-0.39, 0.29) is 28.9 Å². The van der Waals surface area contributed by atoms with Gasteiger partial charge in [0, 0.05) is 0 Å². The minimum Gasteiger partial charge on any atom is -0.482 e. The summed E-state index contributed by atoms with van der Waals surface area (Å²) in [5.41, 5.74) is -0.772. The number of hydrogen-bond acceptors (Lipinski definition) is 4. The largest absolute Gasteiger partial charge is 0.482 e. The lowest BCUT2D eigenvalue weighted by Gasteiger charge is -2.23. The number of halogens is 2. The molecule has 2 rings (SSSR count). The fourth-order valence-electron chi connectivity index (χ4n) is 2.22. The number of nitrogens with one attached hydrogen (secondary N) is 1. The molecular formula is C13H15ClFNO4S. The standard InChI is InChI=1S/C13H15ClFNO4S/c1-13(4-5-21(18,19)8-13)16-12(17)7-20-11-3-2-9(15)6-10(11)14/h2-3,6H,4-5,7-8H2,1H3,(H,16,17)/t13-/m0/s1. The van der Waals surface area contributed by atoms with Crippen LogP contribution in [0.25, 0.3) is 0 Å². The summed E-state index contributed by atoms with van der Waals surface area (Å²) in [7, 11) is -3.10. The predicted molar refractivity (Wildman–Crippen MR) is 76.7 cm³/mol. The summed E-state index contributed by atoms with van der Waals surface area (Å²) in [5, 5.41) is 2.72. The Balaban J connectivity index is 1.91. The molecule has 1 N–H and O–H groups in total. The predicted octanol–water partition coefficient (Wildman–Crippen LogP) is 1.55. The van der Waals surface area contributed by atoms with E-state index < -0.39 is 27.1 Å². The average Bonchev–Trinajstić information content (AvgIpc) is 2.62. The number of sulfone groups is 1. The summed E-state index contributed by atoms with van der Waals surface area (Å²) in [4.78, 5) is 11.8. The number of amides is 1. The van der Waals surface area contributed by atoms with Gasteiger partial charge in [0.15, 0.2) is 16.4 Å². The van der Waals surface area contributed by atoms with E-state index >= 15 is 0 Å². The molecule has 1 saturated heterocycles. The van der Waals surface area contributed by atoms with E-state index in [1.807, 2.05) is 0 Å². The first-order valence-corrected chi connectivity index (χ1v) is 8.48. The molecule has 1 atom stereocenters. The molecule has 1 heterocycles. The molecule has 1 aliphatic heterocycles. The topological polar surface area (TPSA) is 72.5 Å². The van der Waals surface area contributed by atoms with E-state index in [1.54, 1.807) is 6.92 Å². The quantitative estimate of drug-likeness (QED) is 0.906. The van der Waals surface area contributed by atoms with Crippen LogP contribution in [0, 0.1) is 5.82 Å². The first-order valence-electron chi connectivity index (χ1n) is 6.28. The smallest absolute Gasteiger partial charge is 0.258 e. The number of benzene rings is 1. The van der Waals surface area contributed by atoms with Gasteiger partial charge in [-0.25, -0.2) is 12.8 Å². The van der Waals surface area contributed by atoms with Gasteiger partial charge in [-0.15, -0.1) is 0 Å². The van der Waals surface area contributed by atoms with Crippen LogP contribution in [0.3, 0.4) is 0 Å². The molecule has 0 saturated carbocycles. The Kier molecular flexibility index (Phi) is 4.43. The molecule has 0 aliphatic carbocycles. The Morgan fingerprint density at radius 3 is 2.81 bits per heavy atom. The molecule has 21 heavy (non-hydrogen) atoms. The van der Waals surface area contributed by atoms with Crippen molar-refractivity contribution in [2.45, 2.75) is 18.9 Å². The van der Waals surface area contributed by atoms with E-state index in [1.165, 1.54) is 12.1 Å². The van der Waals surface area contributed by atoms with Crippen molar-refractivity contribution >= 4 is 27.3 Å². The lowest BCUT2D eigenvalue weighted by molar-refractivity contribution is -0.124. The molecule has 0 spiro atoms. The van der Waals surface area contributed by atoms with E-state index in [4.69, 9.17) is 16.3 Å². The fourth-order valence-corrected chi connectivity index (χ4v) is 4.53. The van der Waals surface area contributed by atoms with Gasteiger partial charge < -0.3 is 10.1 Å². The summed E-state index contributed by atoms with van der Waals surface area (Å²) in [6.45, 7) is 1.36. The third kappa shape index (κ3) is 4.31. The van der Waals surface area contributed by atoms with E-state index in [2.05, 4.69) is 5.32 Å². The second kappa shape index (κ2) is 5.81. The van der Waals surface area contributed by atoms with Crippen LogP contribution in [0.5, 0.6) is 5.75 Å². The molecule has 0 bridgehead atoms. The lowest BCUT2D eigenvalue weighted by atomic mass is 10.0. The molecule has 0 aromatic heterocycles. The van der Waals surface area contributed by atoms with Crippen LogP contribution in [0.2, 0.25) is 5.02 Å². The van der Waals surface area contributed by atoms with E-state index in [9.17, 15) is 17.6 Å². The minimum atomic E-state index is -3.10. The molecule has 116 valence electrons.